The summed E-state index contributed by atoms with van der Waals surface area (Å²) in [6.45, 7) is 7.53. The van der Waals surface area contributed by atoms with Crippen LogP contribution in [0.2, 0.25) is 0 Å². The number of aliphatic carboxylic acids is 1. The van der Waals surface area contributed by atoms with Gasteiger partial charge in [0.05, 0.1) is 0 Å². The van der Waals surface area contributed by atoms with Gasteiger partial charge in [-0.05, 0) is 39.0 Å². The molecule has 0 spiro atoms. The van der Waals surface area contributed by atoms with Crippen LogP contribution in [0.4, 0.5) is 4.79 Å². The van der Waals surface area contributed by atoms with Crippen molar-refractivity contribution < 1.29 is 19.5 Å². The summed E-state index contributed by atoms with van der Waals surface area (Å²) in [6, 6.07) is -0.220. The van der Waals surface area contributed by atoms with Crippen LogP contribution in [0.1, 0.15) is 47.0 Å². The Kier molecular flexibility index (Phi) is 5.93. The second-order valence-electron chi connectivity index (χ2n) is 5.92. The first kappa shape index (κ1) is 17.2. The fourth-order valence-electron chi connectivity index (χ4n) is 1.83. The molecule has 0 saturated heterocycles. The Labute approximate surface area is 125 Å². The molecule has 2 N–H and O–H groups in total. The topological polar surface area (TPSA) is 86.7 Å². The van der Waals surface area contributed by atoms with Crippen LogP contribution in [0, 0.1) is 5.92 Å². The fourth-order valence-corrected chi connectivity index (χ4v) is 1.83. The molecule has 0 unspecified atom stereocenters. The Hall–Kier alpha value is -1.85. The zero-order valence-corrected chi connectivity index (χ0v) is 13.1. The second kappa shape index (κ2) is 7.24. The van der Waals surface area contributed by atoms with Crippen LogP contribution >= 0.6 is 0 Å². The molecular formula is C15H24N2O4. The summed E-state index contributed by atoms with van der Waals surface area (Å²) in [6.07, 6.45) is 2.80. The van der Waals surface area contributed by atoms with Gasteiger partial charge in [0.1, 0.15) is 0 Å². The van der Waals surface area contributed by atoms with Crippen molar-refractivity contribution in [2.45, 2.75) is 53.0 Å². The second-order valence-corrected chi connectivity index (χ2v) is 5.92. The zero-order valence-electron chi connectivity index (χ0n) is 13.1. The van der Waals surface area contributed by atoms with Crippen LogP contribution in [0.3, 0.4) is 0 Å². The Balaban J connectivity index is 2.67. The van der Waals surface area contributed by atoms with Gasteiger partial charge in [0.25, 0.3) is 5.91 Å². The summed E-state index contributed by atoms with van der Waals surface area (Å²) in [5.41, 5.74) is -0.00379. The normalized spacial score (nSPS) is 15.5. The van der Waals surface area contributed by atoms with E-state index in [0.717, 1.165) is 19.3 Å². The van der Waals surface area contributed by atoms with E-state index in [2.05, 4.69) is 19.2 Å². The Morgan fingerprint density at radius 2 is 1.76 bits per heavy atom. The number of nitrogens with one attached hydrogen (secondary N) is 1. The number of amides is 3. The molecule has 0 heterocycles. The first-order valence-corrected chi connectivity index (χ1v) is 7.26. The smallest absolute Gasteiger partial charge is 0.331 e. The molecule has 0 atom stereocenters. The zero-order chi connectivity index (χ0) is 16.2. The third-order valence-corrected chi connectivity index (χ3v) is 3.64. The number of carboxylic acid groups (broad SMARTS) is 1. The van der Waals surface area contributed by atoms with Crippen molar-refractivity contribution in [1.82, 2.24) is 10.2 Å². The van der Waals surface area contributed by atoms with Crippen molar-refractivity contribution in [3.05, 3.63) is 11.1 Å². The van der Waals surface area contributed by atoms with Gasteiger partial charge in [0, 0.05) is 23.7 Å². The van der Waals surface area contributed by atoms with Crippen LogP contribution in [-0.4, -0.2) is 40.5 Å². The van der Waals surface area contributed by atoms with Crippen molar-refractivity contribution >= 4 is 17.9 Å². The van der Waals surface area contributed by atoms with E-state index >= 15 is 0 Å². The number of nitrogens with zero attached hydrogens (tertiary/aromatic N) is 1. The molecule has 3 amide bonds. The van der Waals surface area contributed by atoms with Crippen molar-refractivity contribution in [2.24, 2.45) is 5.92 Å². The summed E-state index contributed by atoms with van der Waals surface area (Å²) in [5.74, 6) is -1.32. The molecule has 118 valence electrons. The molecule has 0 aromatic carbocycles. The summed E-state index contributed by atoms with van der Waals surface area (Å²) in [5, 5.41) is 11.1. The highest BCUT2D eigenvalue weighted by Gasteiger charge is 2.33. The van der Waals surface area contributed by atoms with Crippen LogP contribution in [-0.2, 0) is 9.59 Å². The highest BCUT2D eigenvalue weighted by atomic mass is 16.4. The number of rotatable bonds is 6. The van der Waals surface area contributed by atoms with Crippen molar-refractivity contribution in [3.8, 4) is 0 Å². The third-order valence-electron chi connectivity index (χ3n) is 3.64. The quantitative estimate of drug-likeness (QED) is 0.735. The minimum absolute atomic E-state index is 0.0513. The van der Waals surface area contributed by atoms with E-state index in [1.807, 2.05) is 0 Å². The minimum atomic E-state index is -1.16. The van der Waals surface area contributed by atoms with Gasteiger partial charge in [-0.1, -0.05) is 13.8 Å². The van der Waals surface area contributed by atoms with E-state index in [0.29, 0.717) is 12.5 Å². The maximum absolute atomic E-state index is 12.2. The van der Waals surface area contributed by atoms with Gasteiger partial charge in [0.15, 0.2) is 0 Å². The van der Waals surface area contributed by atoms with Crippen LogP contribution < -0.4 is 5.32 Å². The summed E-state index contributed by atoms with van der Waals surface area (Å²) in [7, 11) is 0. The number of urea groups is 1. The van der Waals surface area contributed by atoms with Gasteiger partial charge in [-0.25, -0.2) is 9.59 Å². The van der Waals surface area contributed by atoms with E-state index in [-0.39, 0.29) is 17.2 Å². The molecule has 0 bridgehead atoms. The molecule has 1 rings (SSSR count). The number of imide groups is 1. The lowest BCUT2D eigenvalue weighted by atomic mass is 10.1. The summed E-state index contributed by atoms with van der Waals surface area (Å²) in [4.78, 5) is 36.6. The minimum Gasteiger partial charge on any atom is -0.478 e. The molecule has 1 aliphatic carbocycles. The first-order valence-electron chi connectivity index (χ1n) is 7.26. The van der Waals surface area contributed by atoms with Crippen molar-refractivity contribution in [3.63, 3.8) is 0 Å². The average molecular weight is 296 g/mol. The van der Waals surface area contributed by atoms with E-state index in [1.165, 1.54) is 13.8 Å². The molecule has 0 aromatic rings. The maximum atomic E-state index is 12.2. The lowest BCUT2D eigenvalue weighted by molar-refractivity contribution is -0.133. The predicted molar refractivity (Wildman–Crippen MR) is 78.7 cm³/mol. The molecule has 0 radical (unpaired) electrons. The largest absolute Gasteiger partial charge is 0.478 e. The summed E-state index contributed by atoms with van der Waals surface area (Å²) >= 11 is 0. The lowest BCUT2D eigenvalue weighted by Gasteiger charge is -2.23. The number of hydrogen-bond donors (Lipinski definition) is 2. The Morgan fingerprint density at radius 3 is 2.19 bits per heavy atom. The van der Waals surface area contributed by atoms with Gasteiger partial charge in [0.2, 0.25) is 0 Å². The number of carbonyl (C=O) groups is 3. The van der Waals surface area contributed by atoms with Crippen molar-refractivity contribution in [2.75, 3.05) is 6.54 Å². The SMILES string of the molecule is CC(C(=O)O)=C(C)C(=O)NC(=O)N(CCC(C)C)C1CC1. The number of carboxylic acids is 1. The highest BCUT2D eigenvalue weighted by molar-refractivity contribution is 6.07. The van der Waals surface area contributed by atoms with Gasteiger partial charge in [-0.2, -0.15) is 0 Å². The Bertz CT molecular complexity index is 464. The molecule has 6 nitrogen and oxygen atoms in total. The lowest BCUT2D eigenvalue weighted by Crippen LogP contribution is -2.45. The van der Waals surface area contributed by atoms with Gasteiger partial charge in [-0.15, -0.1) is 0 Å². The molecule has 0 aliphatic heterocycles. The first-order chi connectivity index (χ1) is 9.73. The van der Waals surface area contributed by atoms with E-state index in [4.69, 9.17) is 5.11 Å². The van der Waals surface area contributed by atoms with Crippen molar-refractivity contribution in [1.29, 1.82) is 0 Å². The van der Waals surface area contributed by atoms with E-state index < -0.39 is 17.9 Å². The standard InChI is InChI=1S/C15H24N2O4/c1-9(2)7-8-17(12-5-6-12)15(21)16-13(18)10(3)11(4)14(19)20/h9,12H,5-8H2,1-4H3,(H,19,20)(H,16,18,21). The Morgan fingerprint density at radius 1 is 1.19 bits per heavy atom. The fraction of sp³-hybridized carbons (Fsp3) is 0.667. The summed E-state index contributed by atoms with van der Waals surface area (Å²) < 4.78 is 0. The molecule has 1 fully saturated rings. The maximum Gasteiger partial charge on any atom is 0.331 e. The van der Waals surface area contributed by atoms with E-state index in [1.54, 1.807) is 4.90 Å². The number of carbonyl (C=O) groups excluding carboxylic acids is 2. The van der Waals surface area contributed by atoms with Gasteiger partial charge < -0.3 is 10.0 Å². The van der Waals surface area contributed by atoms with Gasteiger partial charge in [-0.3, -0.25) is 10.1 Å². The monoisotopic (exact) mass is 296 g/mol. The number of hydrogen-bond acceptors (Lipinski definition) is 3. The van der Waals surface area contributed by atoms with Crippen LogP contribution in [0.25, 0.3) is 0 Å². The average Bonchev–Trinajstić information content (AvgIpc) is 3.21. The molecule has 21 heavy (non-hydrogen) atoms. The van der Waals surface area contributed by atoms with E-state index in [9.17, 15) is 14.4 Å². The molecule has 1 aliphatic rings. The van der Waals surface area contributed by atoms with Gasteiger partial charge >= 0.3 is 12.0 Å². The molecular weight excluding hydrogens is 272 g/mol. The van der Waals surface area contributed by atoms with Crippen LogP contribution in [0.15, 0.2) is 11.1 Å². The molecule has 6 heteroatoms. The highest BCUT2D eigenvalue weighted by Crippen LogP contribution is 2.27. The molecule has 0 aromatic heterocycles. The van der Waals surface area contributed by atoms with Crippen LogP contribution in [0.5, 0.6) is 0 Å². The molecule has 1 saturated carbocycles. The third kappa shape index (κ3) is 5.21. The predicted octanol–water partition coefficient (Wildman–Crippen LogP) is 2.15.